The molecule has 3 rings (SSSR count). The van der Waals surface area contributed by atoms with Crippen LogP contribution in [0.25, 0.3) is 0 Å². The van der Waals surface area contributed by atoms with Crippen molar-refractivity contribution in [2.75, 3.05) is 33.4 Å². The van der Waals surface area contributed by atoms with Crippen LogP contribution in [0, 0.1) is 5.92 Å². The molecule has 0 radical (unpaired) electrons. The first-order chi connectivity index (χ1) is 12.3. The zero-order valence-corrected chi connectivity index (χ0v) is 18.3. The predicted octanol–water partition coefficient (Wildman–Crippen LogP) is 3.67. The SMILES string of the molecule is CCOC1CCN(C(=NC)NCc2ccccc2OCC2CC2)CC1.I. The summed E-state index contributed by atoms with van der Waals surface area (Å²) >= 11 is 0. The van der Waals surface area contributed by atoms with E-state index in [4.69, 9.17) is 9.47 Å². The van der Waals surface area contributed by atoms with Crippen molar-refractivity contribution in [2.45, 2.75) is 45.3 Å². The number of para-hydroxylation sites is 1. The molecule has 0 atom stereocenters. The van der Waals surface area contributed by atoms with E-state index in [0.717, 1.165) is 63.3 Å². The summed E-state index contributed by atoms with van der Waals surface area (Å²) in [5, 5.41) is 3.50. The minimum atomic E-state index is 0. The lowest BCUT2D eigenvalue weighted by Gasteiger charge is -2.34. The van der Waals surface area contributed by atoms with Gasteiger partial charge in [-0.25, -0.2) is 0 Å². The van der Waals surface area contributed by atoms with Crippen molar-refractivity contribution >= 4 is 29.9 Å². The van der Waals surface area contributed by atoms with Gasteiger partial charge in [-0.15, -0.1) is 24.0 Å². The molecule has 26 heavy (non-hydrogen) atoms. The summed E-state index contributed by atoms with van der Waals surface area (Å²) in [5.74, 6) is 2.72. The lowest BCUT2D eigenvalue weighted by atomic mass is 10.1. The Balaban J connectivity index is 0.00000243. The zero-order chi connectivity index (χ0) is 17.5. The Labute approximate surface area is 174 Å². The molecule has 1 heterocycles. The molecule has 1 saturated heterocycles. The molecular formula is C20H32IN3O2. The highest BCUT2D eigenvalue weighted by Crippen LogP contribution is 2.30. The Morgan fingerprint density at radius 1 is 1.19 bits per heavy atom. The average Bonchev–Trinajstić information content (AvgIpc) is 3.47. The summed E-state index contributed by atoms with van der Waals surface area (Å²) in [7, 11) is 1.85. The van der Waals surface area contributed by atoms with Crippen molar-refractivity contribution in [1.82, 2.24) is 10.2 Å². The molecule has 0 unspecified atom stereocenters. The van der Waals surface area contributed by atoms with Crippen molar-refractivity contribution in [3.63, 3.8) is 0 Å². The topological polar surface area (TPSA) is 46.1 Å². The lowest BCUT2D eigenvalue weighted by molar-refractivity contribution is 0.0263. The highest BCUT2D eigenvalue weighted by atomic mass is 127. The number of halogens is 1. The normalized spacial score (nSPS) is 18.4. The van der Waals surface area contributed by atoms with E-state index in [1.54, 1.807) is 0 Å². The lowest BCUT2D eigenvalue weighted by Crippen LogP contribution is -2.46. The first-order valence-electron chi connectivity index (χ1n) is 9.58. The summed E-state index contributed by atoms with van der Waals surface area (Å²) in [4.78, 5) is 6.78. The van der Waals surface area contributed by atoms with Gasteiger partial charge < -0.3 is 19.7 Å². The van der Waals surface area contributed by atoms with E-state index >= 15 is 0 Å². The van der Waals surface area contributed by atoms with Gasteiger partial charge in [0.25, 0.3) is 0 Å². The standard InChI is InChI=1S/C20H31N3O2.HI/c1-3-24-18-10-12-23(13-11-18)20(21-2)22-14-17-6-4-5-7-19(17)25-15-16-8-9-16;/h4-7,16,18H,3,8-15H2,1-2H3,(H,21,22);1H. The number of hydrogen-bond donors (Lipinski definition) is 1. The molecule has 1 aromatic carbocycles. The molecule has 6 heteroatoms. The molecule has 0 amide bonds. The minimum Gasteiger partial charge on any atom is -0.493 e. The average molecular weight is 473 g/mol. The third kappa shape index (κ3) is 6.30. The molecule has 2 aliphatic rings. The van der Waals surface area contributed by atoms with Gasteiger partial charge in [-0.1, -0.05) is 18.2 Å². The second-order valence-electron chi connectivity index (χ2n) is 6.90. The number of ether oxygens (including phenoxy) is 2. The van der Waals surface area contributed by atoms with E-state index in [2.05, 4.69) is 40.3 Å². The van der Waals surface area contributed by atoms with Gasteiger partial charge in [0, 0.05) is 38.9 Å². The van der Waals surface area contributed by atoms with E-state index in [-0.39, 0.29) is 24.0 Å². The molecule has 0 bridgehead atoms. The number of likely N-dealkylation sites (tertiary alicyclic amines) is 1. The molecule has 0 aromatic heterocycles. The Morgan fingerprint density at radius 3 is 2.58 bits per heavy atom. The fourth-order valence-electron chi connectivity index (χ4n) is 3.26. The Morgan fingerprint density at radius 2 is 1.92 bits per heavy atom. The molecule has 1 aromatic rings. The second-order valence-corrected chi connectivity index (χ2v) is 6.90. The Bertz CT molecular complexity index is 570. The van der Waals surface area contributed by atoms with Crippen LogP contribution in [0.4, 0.5) is 0 Å². The van der Waals surface area contributed by atoms with Crippen LogP contribution in [0.5, 0.6) is 5.75 Å². The fraction of sp³-hybridized carbons (Fsp3) is 0.650. The van der Waals surface area contributed by atoms with E-state index < -0.39 is 0 Å². The summed E-state index contributed by atoms with van der Waals surface area (Å²) in [6.45, 7) is 6.43. The Hall–Kier alpha value is -1.02. The molecule has 1 N–H and O–H groups in total. The fourth-order valence-corrected chi connectivity index (χ4v) is 3.26. The third-order valence-corrected chi connectivity index (χ3v) is 4.94. The van der Waals surface area contributed by atoms with Crippen LogP contribution in [0.15, 0.2) is 29.3 Å². The van der Waals surface area contributed by atoms with Crippen LogP contribution in [-0.4, -0.2) is 50.3 Å². The molecular weight excluding hydrogens is 441 g/mol. The first kappa shape index (κ1) is 21.3. The molecule has 0 spiro atoms. The van der Waals surface area contributed by atoms with Gasteiger partial charge in [-0.3, -0.25) is 4.99 Å². The zero-order valence-electron chi connectivity index (χ0n) is 15.9. The molecule has 1 saturated carbocycles. The number of benzene rings is 1. The van der Waals surface area contributed by atoms with Gasteiger partial charge >= 0.3 is 0 Å². The van der Waals surface area contributed by atoms with Crippen LogP contribution in [0.2, 0.25) is 0 Å². The van der Waals surface area contributed by atoms with Gasteiger partial charge in [0.15, 0.2) is 5.96 Å². The van der Waals surface area contributed by atoms with Crippen molar-refractivity contribution in [3.8, 4) is 5.75 Å². The molecule has 146 valence electrons. The van der Waals surface area contributed by atoms with E-state index in [1.807, 2.05) is 13.1 Å². The predicted molar refractivity (Wildman–Crippen MR) is 116 cm³/mol. The summed E-state index contributed by atoms with van der Waals surface area (Å²) in [5.41, 5.74) is 1.19. The van der Waals surface area contributed by atoms with E-state index in [1.165, 1.54) is 18.4 Å². The maximum absolute atomic E-state index is 6.00. The summed E-state index contributed by atoms with van der Waals surface area (Å²) < 4.78 is 11.7. The Kier molecular flexibility index (Phi) is 8.98. The number of rotatable bonds is 7. The van der Waals surface area contributed by atoms with Crippen LogP contribution in [0.1, 0.15) is 38.2 Å². The monoisotopic (exact) mass is 473 g/mol. The first-order valence-corrected chi connectivity index (χ1v) is 9.58. The quantitative estimate of drug-likeness (QED) is 0.373. The van der Waals surface area contributed by atoms with Crippen LogP contribution >= 0.6 is 24.0 Å². The largest absolute Gasteiger partial charge is 0.493 e. The number of nitrogens with zero attached hydrogens (tertiary/aromatic N) is 2. The number of aliphatic imine (C=N–C) groups is 1. The van der Waals surface area contributed by atoms with Crippen LogP contribution in [-0.2, 0) is 11.3 Å². The maximum atomic E-state index is 6.00. The molecule has 2 fully saturated rings. The van der Waals surface area contributed by atoms with Gasteiger partial charge in [0.05, 0.1) is 12.7 Å². The van der Waals surface area contributed by atoms with E-state index in [0.29, 0.717) is 6.10 Å². The highest BCUT2D eigenvalue weighted by molar-refractivity contribution is 14.0. The summed E-state index contributed by atoms with van der Waals surface area (Å²) in [6.07, 6.45) is 5.15. The van der Waals surface area contributed by atoms with Crippen molar-refractivity contribution < 1.29 is 9.47 Å². The second kappa shape index (κ2) is 11.0. The van der Waals surface area contributed by atoms with Gasteiger partial charge in [0.1, 0.15) is 5.75 Å². The molecule has 1 aliphatic heterocycles. The molecule has 5 nitrogen and oxygen atoms in total. The van der Waals surface area contributed by atoms with Crippen molar-refractivity contribution in [3.05, 3.63) is 29.8 Å². The minimum absolute atomic E-state index is 0. The maximum Gasteiger partial charge on any atom is 0.193 e. The van der Waals surface area contributed by atoms with Crippen molar-refractivity contribution in [1.29, 1.82) is 0 Å². The summed E-state index contributed by atoms with van der Waals surface area (Å²) in [6, 6.07) is 8.30. The number of nitrogens with one attached hydrogen (secondary N) is 1. The number of hydrogen-bond acceptors (Lipinski definition) is 3. The smallest absolute Gasteiger partial charge is 0.193 e. The van der Waals surface area contributed by atoms with Crippen LogP contribution in [0.3, 0.4) is 0 Å². The number of guanidine groups is 1. The highest BCUT2D eigenvalue weighted by Gasteiger charge is 2.23. The van der Waals surface area contributed by atoms with E-state index in [9.17, 15) is 0 Å². The van der Waals surface area contributed by atoms with Crippen LogP contribution < -0.4 is 10.1 Å². The third-order valence-electron chi connectivity index (χ3n) is 4.94. The van der Waals surface area contributed by atoms with Gasteiger partial charge in [-0.2, -0.15) is 0 Å². The van der Waals surface area contributed by atoms with Gasteiger partial charge in [0.2, 0.25) is 0 Å². The van der Waals surface area contributed by atoms with Gasteiger partial charge in [-0.05, 0) is 44.6 Å². The molecule has 1 aliphatic carbocycles. The van der Waals surface area contributed by atoms with Crippen molar-refractivity contribution in [2.24, 2.45) is 10.9 Å². The number of piperidine rings is 1.